The normalized spacial score (nSPS) is 11.1. The minimum absolute atomic E-state index is 0.0164. The van der Waals surface area contributed by atoms with Crippen molar-refractivity contribution in [2.24, 2.45) is 5.73 Å². The molecule has 0 amide bonds. The zero-order valence-corrected chi connectivity index (χ0v) is 11.8. The SMILES string of the molecule is NC(=S)c1ccc(NS(=O)(=O)c2ccc(F)cc2)cc1. The summed E-state index contributed by atoms with van der Waals surface area (Å²) in [6, 6.07) is 10.9. The van der Waals surface area contributed by atoms with Crippen molar-refractivity contribution in [3.63, 3.8) is 0 Å². The number of thiocarbonyl (C=S) groups is 1. The Balaban J connectivity index is 2.24. The largest absolute Gasteiger partial charge is 0.389 e. The number of rotatable bonds is 4. The van der Waals surface area contributed by atoms with Gasteiger partial charge in [-0.3, -0.25) is 4.72 Å². The molecule has 0 radical (unpaired) electrons. The molecule has 20 heavy (non-hydrogen) atoms. The number of hydrogen-bond acceptors (Lipinski definition) is 3. The molecule has 0 fully saturated rings. The van der Waals surface area contributed by atoms with E-state index in [4.69, 9.17) is 18.0 Å². The molecular formula is C13H11FN2O2S2. The first-order valence-corrected chi connectivity index (χ1v) is 7.46. The number of hydrogen-bond donors (Lipinski definition) is 2. The Labute approximate surface area is 121 Å². The molecule has 3 N–H and O–H groups in total. The molecule has 0 heterocycles. The highest BCUT2D eigenvalue weighted by Gasteiger charge is 2.14. The topological polar surface area (TPSA) is 72.2 Å². The first kappa shape index (κ1) is 14.4. The Morgan fingerprint density at radius 2 is 1.60 bits per heavy atom. The van der Waals surface area contributed by atoms with E-state index < -0.39 is 15.8 Å². The lowest BCUT2D eigenvalue weighted by atomic mass is 10.2. The molecular weight excluding hydrogens is 299 g/mol. The van der Waals surface area contributed by atoms with Crippen LogP contribution in [-0.2, 0) is 10.0 Å². The molecule has 0 spiro atoms. The van der Waals surface area contributed by atoms with E-state index in [1.807, 2.05) is 0 Å². The van der Waals surface area contributed by atoms with E-state index in [9.17, 15) is 12.8 Å². The molecule has 2 rings (SSSR count). The zero-order valence-electron chi connectivity index (χ0n) is 10.2. The molecule has 0 saturated carbocycles. The van der Waals surface area contributed by atoms with Gasteiger partial charge in [-0.05, 0) is 48.5 Å². The van der Waals surface area contributed by atoms with E-state index in [0.29, 0.717) is 11.3 Å². The van der Waals surface area contributed by atoms with Crippen LogP contribution in [0.2, 0.25) is 0 Å². The summed E-state index contributed by atoms with van der Waals surface area (Å²) in [5.41, 5.74) is 6.47. The van der Waals surface area contributed by atoms with Crippen LogP contribution in [0.3, 0.4) is 0 Å². The predicted molar refractivity (Wildman–Crippen MR) is 79.5 cm³/mol. The van der Waals surface area contributed by atoms with Crippen molar-refractivity contribution in [2.75, 3.05) is 4.72 Å². The van der Waals surface area contributed by atoms with E-state index in [1.54, 1.807) is 24.3 Å². The van der Waals surface area contributed by atoms with Crippen LogP contribution in [-0.4, -0.2) is 13.4 Å². The van der Waals surface area contributed by atoms with Crippen LogP contribution < -0.4 is 10.5 Å². The average molecular weight is 310 g/mol. The molecule has 0 bridgehead atoms. The van der Waals surface area contributed by atoms with Crippen LogP contribution in [0, 0.1) is 5.82 Å². The Hall–Kier alpha value is -1.99. The summed E-state index contributed by atoms with van der Waals surface area (Å²) in [7, 11) is -3.74. The Morgan fingerprint density at radius 3 is 2.10 bits per heavy atom. The molecule has 4 nitrogen and oxygen atoms in total. The smallest absolute Gasteiger partial charge is 0.261 e. The van der Waals surface area contributed by atoms with Crippen LogP contribution in [0.1, 0.15) is 5.56 Å². The van der Waals surface area contributed by atoms with E-state index in [1.165, 1.54) is 12.1 Å². The van der Waals surface area contributed by atoms with Crippen LogP contribution >= 0.6 is 12.2 Å². The highest BCUT2D eigenvalue weighted by molar-refractivity contribution is 7.92. The Kier molecular flexibility index (Phi) is 4.01. The molecule has 0 aromatic heterocycles. The van der Waals surface area contributed by atoms with Gasteiger partial charge in [0.15, 0.2) is 0 Å². The molecule has 104 valence electrons. The summed E-state index contributed by atoms with van der Waals surface area (Å²) in [6.07, 6.45) is 0. The second kappa shape index (κ2) is 5.56. The minimum Gasteiger partial charge on any atom is -0.389 e. The van der Waals surface area contributed by atoms with Gasteiger partial charge < -0.3 is 5.73 Å². The molecule has 0 aliphatic carbocycles. The number of anilines is 1. The van der Waals surface area contributed by atoms with Gasteiger partial charge in [-0.25, -0.2) is 12.8 Å². The quantitative estimate of drug-likeness (QED) is 0.850. The lowest BCUT2D eigenvalue weighted by Crippen LogP contribution is -2.13. The maximum absolute atomic E-state index is 12.8. The lowest BCUT2D eigenvalue weighted by molar-refractivity contribution is 0.599. The van der Waals surface area contributed by atoms with Crippen molar-refractivity contribution in [1.29, 1.82) is 0 Å². The third-order valence-electron chi connectivity index (χ3n) is 2.55. The summed E-state index contributed by atoms with van der Waals surface area (Å²) >= 11 is 4.81. The van der Waals surface area contributed by atoms with Crippen LogP contribution in [0.25, 0.3) is 0 Å². The first-order valence-electron chi connectivity index (χ1n) is 5.57. The molecule has 0 aliphatic rings. The molecule has 2 aromatic carbocycles. The number of nitrogens with two attached hydrogens (primary N) is 1. The molecule has 0 aliphatic heterocycles. The van der Waals surface area contributed by atoms with Gasteiger partial charge in [-0.1, -0.05) is 12.2 Å². The van der Waals surface area contributed by atoms with Crippen LogP contribution in [0.15, 0.2) is 53.4 Å². The zero-order chi connectivity index (χ0) is 14.8. The second-order valence-corrected chi connectivity index (χ2v) is 6.12. The fourth-order valence-electron chi connectivity index (χ4n) is 1.53. The van der Waals surface area contributed by atoms with Gasteiger partial charge in [0.2, 0.25) is 0 Å². The number of benzene rings is 2. The van der Waals surface area contributed by atoms with Crippen molar-refractivity contribution < 1.29 is 12.8 Å². The van der Waals surface area contributed by atoms with Crippen molar-refractivity contribution in [3.05, 3.63) is 59.9 Å². The fraction of sp³-hybridized carbons (Fsp3) is 0. The van der Waals surface area contributed by atoms with Gasteiger partial charge >= 0.3 is 0 Å². The second-order valence-electron chi connectivity index (χ2n) is 4.00. The lowest BCUT2D eigenvalue weighted by Gasteiger charge is -2.08. The van der Waals surface area contributed by atoms with Crippen molar-refractivity contribution in [2.45, 2.75) is 4.90 Å². The third kappa shape index (κ3) is 3.31. The number of nitrogens with one attached hydrogen (secondary N) is 1. The first-order chi connectivity index (χ1) is 9.38. The highest BCUT2D eigenvalue weighted by Crippen LogP contribution is 2.17. The van der Waals surface area contributed by atoms with E-state index >= 15 is 0 Å². The van der Waals surface area contributed by atoms with Crippen molar-refractivity contribution >= 4 is 32.9 Å². The van der Waals surface area contributed by atoms with E-state index in [2.05, 4.69) is 4.72 Å². The number of halogens is 1. The molecule has 0 saturated heterocycles. The monoisotopic (exact) mass is 310 g/mol. The summed E-state index contributed by atoms with van der Waals surface area (Å²) in [6.45, 7) is 0. The van der Waals surface area contributed by atoms with E-state index in [-0.39, 0.29) is 9.88 Å². The standard InChI is InChI=1S/C13H11FN2O2S2/c14-10-3-7-12(8-4-10)20(17,18)16-11-5-1-9(2-6-11)13(15)19/h1-8,16H,(H2,15,19). The molecule has 7 heteroatoms. The minimum atomic E-state index is -3.74. The van der Waals surface area contributed by atoms with Gasteiger partial charge in [0.05, 0.1) is 4.90 Å². The van der Waals surface area contributed by atoms with E-state index in [0.717, 1.165) is 12.1 Å². The van der Waals surface area contributed by atoms with Gasteiger partial charge in [-0.2, -0.15) is 0 Å². The summed E-state index contributed by atoms with van der Waals surface area (Å²) in [5, 5.41) is 0. The summed E-state index contributed by atoms with van der Waals surface area (Å²) in [4.78, 5) is 0.218. The Morgan fingerprint density at radius 1 is 1.05 bits per heavy atom. The average Bonchev–Trinajstić information content (AvgIpc) is 2.39. The maximum atomic E-state index is 12.8. The van der Waals surface area contributed by atoms with Gasteiger partial charge in [-0.15, -0.1) is 0 Å². The van der Waals surface area contributed by atoms with Gasteiger partial charge in [0, 0.05) is 11.3 Å². The molecule has 2 aromatic rings. The maximum Gasteiger partial charge on any atom is 0.261 e. The highest BCUT2D eigenvalue weighted by atomic mass is 32.2. The van der Waals surface area contributed by atoms with Gasteiger partial charge in [0.1, 0.15) is 10.8 Å². The summed E-state index contributed by atoms with van der Waals surface area (Å²) < 4.78 is 39.3. The van der Waals surface area contributed by atoms with Crippen LogP contribution in [0.4, 0.5) is 10.1 Å². The molecule has 0 unspecified atom stereocenters. The van der Waals surface area contributed by atoms with Crippen molar-refractivity contribution in [3.8, 4) is 0 Å². The van der Waals surface area contributed by atoms with Crippen LogP contribution in [0.5, 0.6) is 0 Å². The predicted octanol–water partition coefficient (Wildman–Crippen LogP) is 2.26. The molecule has 0 atom stereocenters. The summed E-state index contributed by atoms with van der Waals surface area (Å²) in [5.74, 6) is -0.496. The van der Waals surface area contributed by atoms with Crippen molar-refractivity contribution in [1.82, 2.24) is 0 Å². The third-order valence-corrected chi connectivity index (χ3v) is 4.18. The van der Waals surface area contributed by atoms with Gasteiger partial charge in [0.25, 0.3) is 10.0 Å². The Bertz CT molecular complexity index is 726. The fourth-order valence-corrected chi connectivity index (χ4v) is 2.73. The number of sulfonamides is 1.